The van der Waals surface area contributed by atoms with Crippen LogP contribution in [0.15, 0.2) is 49.6 Å². The minimum absolute atomic E-state index is 0. The second kappa shape index (κ2) is 17.1. The maximum Gasteiger partial charge on any atom is 2.00 e. The molecule has 0 bridgehead atoms. The van der Waals surface area contributed by atoms with Crippen molar-refractivity contribution in [2.45, 2.75) is 27.7 Å². The fraction of sp³-hybridized carbons (Fsp3) is 0.250. The van der Waals surface area contributed by atoms with E-state index in [1.807, 2.05) is 27.7 Å². The van der Waals surface area contributed by atoms with Crippen LogP contribution in [-0.4, -0.2) is 57.4 Å². The Kier molecular flexibility index (Phi) is 16.8. The number of aromatic nitrogens is 8. The van der Waals surface area contributed by atoms with Crippen LogP contribution in [0.2, 0.25) is 0 Å². The van der Waals surface area contributed by atoms with Gasteiger partial charge in [0, 0.05) is 60.0 Å². The molecular formula is C16H24CuN8O4S. The van der Waals surface area contributed by atoms with Crippen LogP contribution in [0.25, 0.3) is 0 Å². The molecule has 12 nitrogen and oxygen atoms in total. The SMILES string of the molecule is Cc1ncc[nH]1.Cc1ncc[nH]1.Cc1ncc[nH]1.Cc1ncc[nH]1.O=S(=O)([O-])[O-].[Cu+2]. The number of hydrogen-bond acceptors (Lipinski definition) is 8. The predicted molar refractivity (Wildman–Crippen MR) is 104 cm³/mol. The molecular weight excluding hydrogens is 464 g/mol. The van der Waals surface area contributed by atoms with E-state index in [2.05, 4.69) is 39.9 Å². The topological polar surface area (TPSA) is 195 Å². The van der Waals surface area contributed by atoms with Crippen molar-refractivity contribution in [2.75, 3.05) is 0 Å². The Morgan fingerprint density at radius 2 is 0.767 bits per heavy atom. The molecule has 169 valence electrons. The third kappa shape index (κ3) is 23.3. The van der Waals surface area contributed by atoms with Crippen molar-refractivity contribution in [1.29, 1.82) is 0 Å². The first-order chi connectivity index (χ1) is 13.6. The normalized spacial score (nSPS) is 9.00. The van der Waals surface area contributed by atoms with Gasteiger partial charge in [0.05, 0.1) is 0 Å². The van der Waals surface area contributed by atoms with Gasteiger partial charge in [-0.15, -0.1) is 0 Å². The molecule has 0 saturated heterocycles. The first-order valence-electron chi connectivity index (χ1n) is 8.08. The van der Waals surface area contributed by atoms with E-state index in [-0.39, 0.29) is 17.1 Å². The van der Waals surface area contributed by atoms with Gasteiger partial charge >= 0.3 is 17.1 Å². The van der Waals surface area contributed by atoms with Crippen LogP contribution in [0.4, 0.5) is 0 Å². The molecule has 0 spiro atoms. The molecule has 0 saturated carbocycles. The molecule has 4 heterocycles. The zero-order valence-corrected chi connectivity index (χ0v) is 18.5. The van der Waals surface area contributed by atoms with Crippen LogP contribution in [0.5, 0.6) is 0 Å². The Morgan fingerprint density at radius 3 is 0.800 bits per heavy atom. The smallest absolute Gasteiger partial charge is 0.759 e. The van der Waals surface area contributed by atoms with E-state index >= 15 is 0 Å². The molecule has 0 fully saturated rings. The van der Waals surface area contributed by atoms with Crippen LogP contribution in [0.1, 0.15) is 23.3 Å². The Hall–Kier alpha value is -2.77. The third-order valence-electron chi connectivity index (χ3n) is 2.54. The molecule has 30 heavy (non-hydrogen) atoms. The van der Waals surface area contributed by atoms with Crippen molar-refractivity contribution >= 4 is 10.4 Å². The maximum absolute atomic E-state index is 8.52. The molecule has 4 aromatic rings. The zero-order chi connectivity index (χ0) is 22.1. The van der Waals surface area contributed by atoms with Gasteiger partial charge in [0.25, 0.3) is 0 Å². The van der Waals surface area contributed by atoms with E-state index in [0.717, 1.165) is 23.3 Å². The first kappa shape index (κ1) is 29.4. The molecule has 0 aliphatic carbocycles. The molecule has 0 aliphatic heterocycles. The molecule has 0 unspecified atom stereocenters. The molecule has 0 amide bonds. The van der Waals surface area contributed by atoms with Gasteiger partial charge in [-0.25, -0.2) is 19.9 Å². The van der Waals surface area contributed by atoms with Crippen LogP contribution in [0, 0.1) is 27.7 Å². The summed E-state index contributed by atoms with van der Waals surface area (Å²) in [5.41, 5.74) is 0. The van der Waals surface area contributed by atoms with Gasteiger partial charge < -0.3 is 29.0 Å². The van der Waals surface area contributed by atoms with Crippen molar-refractivity contribution < 1.29 is 34.6 Å². The fourth-order valence-corrected chi connectivity index (χ4v) is 1.38. The average molecular weight is 488 g/mol. The zero-order valence-electron chi connectivity index (χ0n) is 16.8. The number of nitrogens with zero attached hydrogens (tertiary/aromatic N) is 4. The van der Waals surface area contributed by atoms with Crippen LogP contribution >= 0.6 is 0 Å². The minimum Gasteiger partial charge on any atom is -0.759 e. The summed E-state index contributed by atoms with van der Waals surface area (Å²) in [4.78, 5) is 27.0. The fourth-order valence-electron chi connectivity index (χ4n) is 1.38. The number of aryl methyl sites for hydroxylation is 4. The molecule has 14 heteroatoms. The van der Waals surface area contributed by atoms with Crippen molar-refractivity contribution in [3.05, 3.63) is 72.9 Å². The Morgan fingerprint density at radius 1 is 0.600 bits per heavy atom. The van der Waals surface area contributed by atoms with Crippen molar-refractivity contribution in [3.8, 4) is 0 Å². The largest absolute Gasteiger partial charge is 2.00 e. The number of nitrogens with one attached hydrogen (secondary N) is 4. The summed E-state index contributed by atoms with van der Waals surface area (Å²) >= 11 is 0. The van der Waals surface area contributed by atoms with Crippen LogP contribution < -0.4 is 0 Å². The second-order valence-electron chi connectivity index (χ2n) is 5.11. The van der Waals surface area contributed by atoms with Gasteiger partial charge in [-0.05, 0) is 27.7 Å². The summed E-state index contributed by atoms with van der Waals surface area (Å²) in [5, 5.41) is 0. The van der Waals surface area contributed by atoms with Gasteiger partial charge in [0.2, 0.25) is 0 Å². The van der Waals surface area contributed by atoms with Gasteiger partial charge in [0.1, 0.15) is 23.3 Å². The molecule has 4 rings (SSSR count). The number of hydrogen-bond donors (Lipinski definition) is 4. The quantitative estimate of drug-likeness (QED) is 0.162. The molecule has 1 radical (unpaired) electrons. The predicted octanol–water partition coefficient (Wildman–Crippen LogP) is 1.53. The second-order valence-corrected chi connectivity index (χ2v) is 5.92. The summed E-state index contributed by atoms with van der Waals surface area (Å²) in [7, 11) is -5.17. The van der Waals surface area contributed by atoms with Crippen molar-refractivity contribution in [2.24, 2.45) is 0 Å². The van der Waals surface area contributed by atoms with E-state index in [1.165, 1.54) is 0 Å². The monoisotopic (exact) mass is 487 g/mol. The van der Waals surface area contributed by atoms with E-state index in [0.29, 0.717) is 0 Å². The van der Waals surface area contributed by atoms with Crippen LogP contribution in [-0.2, 0) is 27.5 Å². The van der Waals surface area contributed by atoms with Crippen LogP contribution in [0.3, 0.4) is 0 Å². The molecule has 4 N–H and O–H groups in total. The number of imidazole rings is 4. The molecule has 0 aliphatic rings. The third-order valence-corrected chi connectivity index (χ3v) is 2.54. The Bertz CT molecular complexity index is 789. The van der Waals surface area contributed by atoms with Crippen molar-refractivity contribution in [1.82, 2.24) is 39.9 Å². The van der Waals surface area contributed by atoms with E-state index in [9.17, 15) is 0 Å². The standard InChI is InChI=1S/4C4H6N2.Cu.H2O4S/c4*1-4-5-2-3-6-4;;1-5(2,3)4/h4*2-3H,1H3,(H,5,6);;(H2,1,2,3,4)/q;;;;+2;/p-2. The molecule has 0 aromatic carbocycles. The maximum atomic E-state index is 8.52. The van der Waals surface area contributed by atoms with E-state index < -0.39 is 10.4 Å². The minimum atomic E-state index is -5.17. The Balaban J connectivity index is 0. The molecule has 4 aromatic heterocycles. The summed E-state index contributed by atoms with van der Waals surface area (Å²) in [6, 6.07) is 0. The number of aromatic amines is 4. The summed E-state index contributed by atoms with van der Waals surface area (Å²) < 4.78 is 34.1. The van der Waals surface area contributed by atoms with E-state index in [4.69, 9.17) is 17.5 Å². The summed E-state index contributed by atoms with van der Waals surface area (Å²) in [6.07, 6.45) is 14.1. The van der Waals surface area contributed by atoms with E-state index in [1.54, 1.807) is 49.6 Å². The first-order valence-corrected chi connectivity index (χ1v) is 9.42. The van der Waals surface area contributed by atoms with Gasteiger partial charge in [0.15, 0.2) is 0 Å². The number of H-pyrrole nitrogens is 4. The average Bonchev–Trinajstić information content (AvgIpc) is 3.38. The van der Waals surface area contributed by atoms with Gasteiger partial charge in [-0.3, -0.25) is 8.42 Å². The summed E-state index contributed by atoms with van der Waals surface area (Å²) in [6.45, 7) is 7.67. The number of rotatable bonds is 0. The van der Waals surface area contributed by atoms with Gasteiger partial charge in [-0.1, -0.05) is 0 Å². The van der Waals surface area contributed by atoms with Crippen molar-refractivity contribution in [3.63, 3.8) is 0 Å². The van der Waals surface area contributed by atoms with Gasteiger partial charge in [-0.2, -0.15) is 0 Å². The molecule has 0 atom stereocenters. The summed E-state index contributed by atoms with van der Waals surface area (Å²) in [5.74, 6) is 3.87. The Labute approximate surface area is 185 Å².